The van der Waals surface area contributed by atoms with Gasteiger partial charge in [-0.2, -0.15) is 5.26 Å². The second kappa shape index (κ2) is 6.93. The summed E-state index contributed by atoms with van der Waals surface area (Å²) in [5.74, 6) is 0.297. The molecule has 3 heteroatoms. The maximum Gasteiger partial charge on any atom is 0.115 e. The van der Waals surface area contributed by atoms with Gasteiger partial charge in [0.15, 0.2) is 0 Å². The first-order valence-electron chi connectivity index (χ1n) is 6.06. The molecule has 0 fully saturated rings. The summed E-state index contributed by atoms with van der Waals surface area (Å²) in [7, 11) is 0. The van der Waals surface area contributed by atoms with Gasteiger partial charge < -0.3 is 10.4 Å². The van der Waals surface area contributed by atoms with E-state index in [1.165, 1.54) is 5.56 Å². The molecule has 0 radical (unpaired) electrons. The summed E-state index contributed by atoms with van der Waals surface area (Å²) in [6.45, 7) is 4.20. The number of nitrogens with zero attached hydrogens (tertiary/aromatic N) is 1. The molecule has 0 spiro atoms. The lowest BCUT2D eigenvalue weighted by Gasteiger charge is -2.20. The van der Waals surface area contributed by atoms with Gasteiger partial charge in [-0.15, -0.1) is 0 Å². The van der Waals surface area contributed by atoms with E-state index in [4.69, 9.17) is 5.26 Å². The first kappa shape index (κ1) is 13.5. The lowest BCUT2D eigenvalue weighted by molar-refractivity contribution is 0.436. The van der Waals surface area contributed by atoms with Crippen molar-refractivity contribution in [2.24, 2.45) is 0 Å². The van der Waals surface area contributed by atoms with Crippen LogP contribution in [0.15, 0.2) is 24.3 Å². The second-order valence-corrected chi connectivity index (χ2v) is 4.41. The van der Waals surface area contributed by atoms with Crippen molar-refractivity contribution in [3.63, 3.8) is 0 Å². The van der Waals surface area contributed by atoms with Crippen LogP contribution in [0.2, 0.25) is 0 Å². The smallest absolute Gasteiger partial charge is 0.115 e. The Balaban J connectivity index is 2.46. The monoisotopic (exact) mass is 232 g/mol. The Morgan fingerprint density at radius 2 is 2.00 bits per heavy atom. The Labute approximate surface area is 103 Å². The van der Waals surface area contributed by atoms with Crippen molar-refractivity contribution >= 4 is 0 Å². The van der Waals surface area contributed by atoms with E-state index in [1.54, 1.807) is 12.1 Å². The molecule has 0 aromatic heterocycles. The van der Waals surface area contributed by atoms with Gasteiger partial charge in [-0.25, -0.2) is 0 Å². The molecule has 0 aliphatic rings. The Morgan fingerprint density at radius 3 is 2.53 bits per heavy atom. The lowest BCUT2D eigenvalue weighted by atomic mass is 10.0. The second-order valence-electron chi connectivity index (χ2n) is 4.41. The van der Waals surface area contributed by atoms with Crippen LogP contribution in [0.3, 0.4) is 0 Å². The number of rotatable bonds is 6. The number of nitrogens with one attached hydrogen (secondary N) is 1. The Hall–Kier alpha value is -1.53. The molecule has 0 bridgehead atoms. The van der Waals surface area contributed by atoms with Crippen molar-refractivity contribution < 1.29 is 5.11 Å². The topological polar surface area (TPSA) is 56.0 Å². The van der Waals surface area contributed by atoms with Crippen LogP contribution in [0.4, 0.5) is 0 Å². The Morgan fingerprint density at radius 1 is 1.35 bits per heavy atom. The van der Waals surface area contributed by atoms with E-state index >= 15 is 0 Å². The Kier molecular flexibility index (Phi) is 5.51. The van der Waals surface area contributed by atoms with Crippen LogP contribution in [-0.4, -0.2) is 17.2 Å². The van der Waals surface area contributed by atoms with Crippen molar-refractivity contribution in [2.45, 2.75) is 45.2 Å². The number of phenols is 1. The highest BCUT2D eigenvalue weighted by Crippen LogP contribution is 2.11. The summed E-state index contributed by atoms with van der Waals surface area (Å²) < 4.78 is 0. The van der Waals surface area contributed by atoms with Crippen LogP contribution in [0.25, 0.3) is 0 Å². The van der Waals surface area contributed by atoms with Crippen LogP contribution in [0.1, 0.15) is 32.3 Å². The van der Waals surface area contributed by atoms with Gasteiger partial charge in [0, 0.05) is 12.1 Å². The SMILES string of the molecule is CCC(CC#N)NC(C)Cc1ccc(O)cc1. The van der Waals surface area contributed by atoms with E-state index in [0.717, 1.165) is 12.8 Å². The van der Waals surface area contributed by atoms with E-state index in [2.05, 4.69) is 25.2 Å². The molecule has 3 nitrogen and oxygen atoms in total. The molecule has 1 aromatic rings. The fourth-order valence-electron chi connectivity index (χ4n) is 1.88. The van der Waals surface area contributed by atoms with Gasteiger partial charge in [-0.05, 0) is 37.5 Å². The number of hydrogen-bond acceptors (Lipinski definition) is 3. The van der Waals surface area contributed by atoms with Gasteiger partial charge in [0.05, 0.1) is 12.5 Å². The molecule has 17 heavy (non-hydrogen) atoms. The quantitative estimate of drug-likeness (QED) is 0.792. The minimum Gasteiger partial charge on any atom is -0.508 e. The maximum atomic E-state index is 9.19. The van der Waals surface area contributed by atoms with Crippen LogP contribution in [0.5, 0.6) is 5.75 Å². The molecule has 2 N–H and O–H groups in total. The molecule has 0 aliphatic carbocycles. The van der Waals surface area contributed by atoms with Gasteiger partial charge in [-0.1, -0.05) is 19.1 Å². The van der Waals surface area contributed by atoms with Crippen molar-refractivity contribution in [2.75, 3.05) is 0 Å². The molecule has 1 aromatic carbocycles. The zero-order chi connectivity index (χ0) is 12.7. The van der Waals surface area contributed by atoms with E-state index in [0.29, 0.717) is 18.2 Å². The zero-order valence-corrected chi connectivity index (χ0v) is 10.5. The molecule has 0 aliphatic heterocycles. The van der Waals surface area contributed by atoms with E-state index in [1.807, 2.05) is 12.1 Å². The van der Waals surface area contributed by atoms with Crippen LogP contribution >= 0.6 is 0 Å². The third-order valence-corrected chi connectivity index (χ3v) is 2.83. The summed E-state index contributed by atoms with van der Waals surface area (Å²) in [6, 6.07) is 10.1. The highest BCUT2D eigenvalue weighted by molar-refractivity contribution is 5.26. The molecule has 0 saturated carbocycles. The van der Waals surface area contributed by atoms with Crippen LogP contribution in [0, 0.1) is 11.3 Å². The molecular formula is C14H20N2O. The van der Waals surface area contributed by atoms with E-state index in [-0.39, 0.29) is 6.04 Å². The largest absolute Gasteiger partial charge is 0.508 e. The number of aromatic hydroxyl groups is 1. The van der Waals surface area contributed by atoms with E-state index in [9.17, 15) is 5.11 Å². The minimum absolute atomic E-state index is 0.270. The van der Waals surface area contributed by atoms with Crippen LogP contribution < -0.4 is 5.32 Å². The van der Waals surface area contributed by atoms with Gasteiger partial charge in [-0.3, -0.25) is 0 Å². The average Bonchev–Trinajstić information content (AvgIpc) is 2.31. The third-order valence-electron chi connectivity index (χ3n) is 2.83. The van der Waals surface area contributed by atoms with E-state index < -0.39 is 0 Å². The predicted molar refractivity (Wildman–Crippen MR) is 68.7 cm³/mol. The lowest BCUT2D eigenvalue weighted by Crippen LogP contribution is -2.37. The van der Waals surface area contributed by atoms with Gasteiger partial charge in [0.2, 0.25) is 0 Å². The summed E-state index contributed by atoms with van der Waals surface area (Å²) in [6.07, 6.45) is 2.42. The van der Waals surface area contributed by atoms with Crippen LogP contribution in [-0.2, 0) is 6.42 Å². The highest BCUT2D eigenvalue weighted by atomic mass is 16.3. The predicted octanol–water partition coefficient (Wildman–Crippen LogP) is 2.61. The zero-order valence-electron chi connectivity index (χ0n) is 10.5. The summed E-state index contributed by atoms with van der Waals surface area (Å²) in [4.78, 5) is 0. The third kappa shape index (κ3) is 4.88. The molecular weight excluding hydrogens is 212 g/mol. The van der Waals surface area contributed by atoms with Crippen molar-refractivity contribution in [1.29, 1.82) is 5.26 Å². The maximum absolute atomic E-state index is 9.19. The molecule has 2 atom stereocenters. The summed E-state index contributed by atoms with van der Waals surface area (Å²) >= 11 is 0. The molecule has 0 heterocycles. The molecule has 2 unspecified atom stereocenters. The van der Waals surface area contributed by atoms with Gasteiger partial charge in [0.25, 0.3) is 0 Å². The normalized spacial score (nSPS) is 13.9. The minimum atomic E-state index is 0.270. The standard InChI is InChI=1S/C14H20N2O/c1-3-13(8-9-15)16-11(2)10-12-4-6-14(17)7-5-12/h4-7,11,13,16-17H,3,8,10H2,1-2H3. The fraction of sp³-hybridized carbons (Fsp3) is 0.500. The first-order chi connectivity index (χ1) is 8.15. The fourth-order valence-corrected chi connectivity index (χ4v) is 1.88. The number of benzene rings is 1. The highest BCUT2D eigenvalue weighted by Gasteiger charge is 2.10. The summed E-state index contributed by atoms with van der Waals surface area (Å²) in [5, 5.41) is 21.3. The average molecular weight is 232 g/mol. The number of hydrogen-bond donors (Lipinski definition) is 2. The van der Waals surface area contributed by atoms with Crippen molar-refractivity contribution in [3.05, 3.63) is 29.8 Å². The Bertz CT molecular complexity index is 367. The van der Waals surface area contributed by atoms with Gasteiger partial charge in [0.1, 0.15) is 5.75 Å². The summed E-state index contributed by atoms with van der Waals surface area (Å²) in [5.41, 5.74) is 1.19. The number of nitriles is 1. The van der Waals surface area contributed by atoms with Crippen molar-refractivity contribution in [1.82, 2.24) is 5.32 Å². The van der Waals surface area contributed by atoms with Gasteiger partial charge >= 0.3 is 0 Å². The van der Waals surface area contributed by atoms with Crippen molar-refractivity contribution in [3.8, 4) is 11.8 Å². The molecule has 0 amide bonds. The number of phenolic OH excluding ortho intramolecular Hbond substituents is 1. The molecule has 1 rings (SSSR count). The molecule has 0 saturated heterocycles. The molecule has 92 valence electrons. The first-order valence-corrected chi connectivity index (χ1v) is 6.06.